The standard InChI is InChI=1S/C24H32N4O2S/c1-30-23-12-11-19(18-21(23)26-24(25)31)22(29)10-6-3-7-13-27-14-16-28(17-15-27)20-8-4-2-5-9-20/h2,4-5,8-9,11-12,18H,3,6-7,10,13-17H2,1H3,(H3,25,26,31). The van der Waals surface area contributed by atoms with E-state index in [9.17, 15) is 4.79 Å². The lowest BCUT2D eigenvalue weighted by Gasteiger charge is -2.36. The second-order valence-corrected chi connectivity index (χ2v) is 8.24. The largest absolute Gasteiger partial charge is 0.495 e. The molecule has 2 aromatic rings. The third-order valence-corrected chi connectivity index (χ3v) is 5.75. The number of nitrogens with two attached hydrogens (primary N) is 1. The fourth-order valence-electron chi connectivity index (χ4n) is 3.92. The van der Waals surface area contributed by atoms with E-state index in [2.05, 4.69) is 45.4 Å². The van der Waals surface area contributed by atoms with Gasteiger partial charge in [0.25, 0.3) is 0 Å². The lowest BCUT2D eigenvalue weighted by molar-refractivity contribution is 0.0978. The van der Waals surface area contributed by atoms with Gasteiger partial charge in [-0.3, -0.25) is 9.69 Å². The van der Waals surface area contributed by atoms with Crippen LogP contribution >= 0.6 is 12.2 Å². The van der Waals surface area contributed by atoms with Gasteiger partial charge in [0.05, 0.1) is 12.8 Å². The van der Waals surface area contributed by atoms with Gasteiger partial charge >= 0.3 is 0 Å². The first-order valence-electron chi connectivity index (χ1n) is 10.9. The molecule has 6 nitrogen and oxygen atoms in total. The van der Waals surface area contributed by atoms with E-state index in [1.165, 1.54) is 5.69 Å². The smallest absolute Gasteiger partial charge is 0.168 e. The molecule has 31 heavy (non-hydrogen) atoms. The normalized spacial score (nSPS) is 14.3. The van der Waals surface area contributed by atoms with Gasteiger partial charge < -0.3 is 20.7 Å². The van der Waals surface area contributed by atoms with E-state index in [0.717, 1.165) is 52.0 Å². The van der Waals surface area contributed by atoms with Crippen molar-refractivity contribution in [3.63, 3.8) is 0 Å². The minimum Gasteiger partial charge on any atom is -0.495 e. The summed E-state index contributed by atoms with van der Waals surface area (Å²) in [6.07, 6.45) is 3.61. The molecule has 7 heteroatoms. The van der Waals surface area contributed by atoms with E-state index >= 15 is 0 Å². The summed E-state index contributed by atoms with van der Waals surface area (Å²) < 4.78 is 5.29. The maximum atomic E-state index is 12.6. The van der Waals surface area contributed by atoms with Gasteiger partial charge in [-0.2, -0.15) is 0 Å². The third-order valence-electron chi connectivity index (χ3n) is 5.65. The predicted octanol–water partition coefficient (Wildman–Crippen LogP) is 3.92. The SMILES string of the molecule is COc1ccc(C(=O)CCCCCN2CCN(c3ccccc3)CC2)cc1NC(N)=S. The second kappa shape index (κ2) is 11.7. The van der Waals surface area contributed by atoms with Crippen LogP contribution in [0.15, 0.2) is 48.5 Å². The highest BCUT2D eigenvalue weighted by molar-refractivity contribution is 7.80. The minimum absolute atomic E-state index is 0.130. The number of para-hydroxylation sites is 1. The maximum Gasteiger partial charge on any atom is 0.168 e. The van der Waals surface area contributed by atoms with Gasteiger partial charge in [-0.1, -0.05) is 24.6 Å². The number of carbonyl (C=O) groups is 1. The molecule has 0 bridgehead atoms. The Hall–Kier alpha value is -2.64. The van der Waals surface area contributed by atoms with Gasteiger partial charge in [0.1, 0.15) is 5.75 Å². The third kappa shape index (κ3) is 6.94. The number of piperazine rings is 1. The van der Waals surface area contributed by atoms with E-state index in [0.29, 0.717) is 23.4 Å². The summed E-state index contributed by atoms with van der Waals surface area (Å²) in [7, 11) is 1.57. The maximum absolute atomic E-state index is 12.6. The molecule has 0 atom stereocenters. The summed E-state index contributed by atoms with van der Waals surface area (Å²) in [6.45, 7) is 5.43. The summed E-state index contributed by atoms with van der Waals surface area (Å²) in [5, 5.41) is 3.01. The first-order valence-corrected chi connectivity index (χ1v) is 11.3. The summed E-state index contributed by atoms with van der Waals surface area (Å²) in [5.41, 5.74) is 8.14. The van der Waals surface area contributed by atoms with Crippen LogP contribution in [0.2, 0.25) is 0 Å². The molecule has 166 valence electrons. The minimum atomic E-state index is 0.130. The van der Waals surface area contributed by atoms with Gasteiger partial charge in [-0.15, -0.1) is 0 Å². The molecule has 1 fully saturated rings. The lowest BCUT2D eigenvalue weighted by Crippen LogP contribution is -2.46. The fourth-order valence-corrected chi connectivity index (χ4v) is 4.03. The van der Waals surface area contributed by atoms with Gasteiger partial charge in [-0.05, 0) is 61.9 Å². The van der Waals surface area contributed by atoms with Crippen LogP contribution in [0.1, 0.15) is 36.0 Å². The summed E-state index contributed by atoms with van der Waals surface area (Å²) in [6, 6.07) is 15.9. The highest BCUT2D eigenvalue weighted by Crippen LogP contribution is 2.26. The molecule has 2 aromatic carbocycles. The van der Waals surface area contributed by atoms with Gasteiger partial charge in [0, 0.05) is 43.9 Å². The molecule has 0 spiro atoms. The zero-order valence-electron chi connectivity index (χ0n) is 18.2. The lowest BCUT2D eigenvalue weighted by atomic mass is 10.0. The Morgan fingerprint density at radius 1 is 1.06 bits per heavy atom. The highest BCUT2D eigenvalue weighted by Gasteiger charge is 2.16. The van der Waals surface area contributed by atoms with Crippen molar-refractivity contribution in [3.05, 3.63) is 54.1 Å². The quantitative estimate of drug-likeness (QED) is 0.330. The number of hydrogen-bond donors (Lipinski definition) is 2. The molecular formula is C24H32N4O2S. The molecule has 0 amide bonds. The molecule has 3 N–H and O–H groups in total. The van der Waals surface area contributed by atoms with E-state index in [1.807, 2.05) is 0 Å². The number of benzene rings is 2. The Bertz CT molecular complexity index is 867. The number of anilines is 2. The van der Waals surface area contributed by atoms with Gasteiger partial charge in [0.2, 0.25) is 0 Å². The van der Waals surface area contributed by atoms with Crippen LogP contribution in [0.5, 0.6) is 5.75 Å². The van der Waals surface area contributed by atoms with Crippen LogP contribution in [-0.4, -0.2) is 55.6 Å². The molecule has 3 rings (SSSR count). The Labute approximate surface area is 190 Å². The number of thiocarbonyl (C=S) groups is 1. The number of rotatable bonds is 10. The van der Waals surface area contributed by atoms with Crippen LogP contribution in [0.25, 0.3) is 0 Å². The van der Waals surface area contributed by atoms with E-state index < -0.39 is 0 Å². The Kier molecular flexibility index (Phi) is 8.67. The van der Waals surface area contributed by atoms with Crippen molar-refractivity contribution < 1.29 is 9.53 Å². The van der Waals surface area contributed by atoms with Crippen molar-refractivity contribution in [1.82, 2.24) is 4.90 Å². The second-order valence-electron chi connectivity index (χ2n) is 7.80. The summed E-state index contributed by atoms with van der Waals surface area (Å²) >= 11 is 4.90. The number of unbranched alkanes of at least 4 members (excludes halogenated alkanes) is 2. The van der Waals surface area contributed by atoms with Crippen LogP contribution in [-0.2, 0) is 0 Å². The Morgan fingerprint density at radius 3 is 2.48 bits per heavy atom. The Balaban J connectivity index is 1.36. The molecule has 0 saturated carbocycles. The van der Waals surface area contributed by atoms with Crippen LogP contribution in [0, 0.1) is 0 Å². The number of hydrogen-bond acceptors (Lipinski definition) is 5. The van der Waals surface area contributed by atoms with Gasteiger partial charge in [-0.25, -0.2) is 0 Å². The number of Topliss-reactive ketones (excluding diaryl/α,β-unsaturated/α-hetero) is 1. The first kappa shape index (κ1) is 23.0. The number of ketones is 1. The van der Waals surface area contributed by atoms with Crippen molar-refractivity contribution in [2.45, 2.75) is 25.7 Å². The molecule has 1 aliphatic heterocycles. The fraction of sp³-hybridized carbons (Fsp3) is 0.417. The average Bonchev–Trinajstić information content (AvgIpc) is 2.79. The predicted molar refractivity (Wildman–Crippen MR) is 131 cm³/mol. The number of nitrogens with zero attached hydrogens (tertiary/aromatic N) is 2. The Morgan fingerprint density at radius 2 is 1.81 bits per heavy atom. The summed E-state index contributed by atoms with van der Waals surface area (Å²) in [4.78, 5) is 17.5. The van der Waals surface area contributed by atoms with Gasteiger partial charge in [0.15, 0.2) is 10.9 Å². The molecule has 1 saturated heterocycles. The number of ether oxygens (including phenoxy) is 1. The van der Waals surface area contributed by atoms with Crippen molar-refractivity contribution >= 4 is 34.5 Å². The molecule has 0 aromatic heterocycles. The van der Waals surface area contributed by atoms with Crippen LogP contribution in [0.3, 0.4) is 0 Å². The summed E-state index contributed by atoms with van der Waals surface area (Å²) in [5.74, 6) is 0.738. The van der Waals surface area contributed by atoms with Crippen molar-refractivity contribution in [2.24, 2.45) is 5.73 Å². The van der Waals surface area contributed by atoms with Crippen LogP contribution < -0.4 is 20.7 Å². The molecule has 1 aliphatic rings. The zero-order chi connectivity index (χ0) is 22.1. The zero-order valence-corrected chi connectivity index (χ0v) is 19.0. The topological polar surface area (TPSA) is 70.8 Å². The van der Waals surface area contributed by atoms with Crippen molar-refractivity contribution in [3.8, 4) is 5.75 Å². The van der Waals surface area contributed by atoms with Crippen molar-refractivity contribution in [2.75, 3.05) is 50.1 Å². The van der Waals surface area contributed by atoms with Crippen LogP contribution in [0.4, 0.5) is 11.4 Å². The number of nitrogens with one attached hydrogen (secondary N) is 1. The average molecular weight is 441 g/mol. The molecule has 0 aliphatic carbocycles. The highest BCUT2D eigenvalue weighted by atomic mass is 32.1. The molecule has 0 unspecified atom stereocenters. The first-order chi connectivity index (χ1) is 15.1. The number of methoxy groups -OCH3 is 1. The number of carbonyl (C=O) groups excluding carboxylic acids is 1. The molecule has 0 radical (unpaired) electrons. The van der Waals surface area contributed by atoms with E-state index in [-0.39, 0.29) is 10.9 Å². The molecular weight excluding hydrogens is 408 g/mol. The molecule has 1 heterocycles. The van der Waals surface area contributed by atoms with Crippen molar-refractivity contribution in [1.29, 1.82) is 0 Å². The van der Waals surface area contributed by atoms with E-state index in [1.54, 1.807) is 25.3 Å². The monoisotopic (exact) mass is 440 g/mol. The van der Waals surface area contributed by atoms with E-state index in [4.69, 9.17) is 22.7 Å².